The van der Waals surface area contributed by atoms with E-state index < -0.39 is 0 Å². The van der Waals surface area contributed by atoms with Gasteiger partial charge in [-0.2, -0.15) is 0 Å². The van der Waals surface area contributed by atoms with Crippen molar-refractivity contribution in [3.8, 4) is 0 Å². The lowest BCUT2D eigenvalue weighted by Gasteiger charge is -2.65. The van der Waals surface area contributed by atoms with Crippen molar-refractivity contribution in [1.29, 1.82) is 0 Å². The zero-order chi connectivity index (χ0) is 10.2. The average Bonchev–Trinajstić information content (AvgIpc) is 1.67. The maximum absolute atomic E-state index is 2.44. The van der Waals surface area contributed by atoms with Crippen LogP contribution in [0.4, 0.5) is 0 Å². The predicted octanol–water partition coefficient (Wildman–Crippen LogP) is 4.86. The Labute approximate surface area is 107 Å². The van der Waals surface area contributed by atoms with E-state index in [0.29, 0.717) is 15.0 Å². The third-order valence-electron chi connectivity index (χ3n) is 2.62. The van der Waals surface area contributed by atoms with E-state index in [0.717, 1.165) is 0 Å². The highest BCUT2D eigenvalue weighted by Crippen LogP contribution is 2.84. The summed E-state index contributed by atoms with van der Waals surface area (Å²) in [5, 5.41) is 0. The standard InChI is InChI=1S/C9H14S5/c1-6-5-7(2)12-8(3,10-6)14-9(4,11-6)13-7/h5H2,1-4H3. The van der Waals surface area contributed by atoms with Crippen molar-refractivity contribution >= 4 is 58.8 Å². The van der Waals surface area contributed by atoms with Gasteiger partial charge in [-0.25, -0.2) is 0 Å². The molecule has 0 radical (unpaired) electrons. The van der Waals surface area contributed by atoms with Gasteiger partial charge in [-0.15, -0.1) is 58.8 Å². The Kier molecular flexibility index (Phi) is 2.15. The van der Waals surface area contributed by atoms with Gasteiger partial charge in [-0.05, 0) is 34.1 Å². The fourth-order valence-corrected chi connectivity index (χ4v) is 20.1. The van der Waals surface area contributed by atoms with E-state index in [4.69, 9.17) is 0 Å². The molecule has 4 aliphatic rings. The summed E-state index contributed by atoms with van der Waals surface area (Å²) in [6.45, 7) is 9.72. The highest BCUT2D eigenvalue weighted by atomic mass is 32.3. The molecule has 4 rings (SSSR count). The molecule has 14 heavy (non-hydrogen) atoms. The van der Waals surface area contributed by atoms with E-state index in [2.05, 4.69) is 86.5 Å². The topological polar surface area (TPSA) is 0 Å². The van der Waals surface area contributed by atoms with Crippen LogP contribution in [0.3, 0.4) is 0 Å². The molecular weight excluding hydrogens is 268 g/mol. The van der Waals surface area contributed by atoms with Crippen molar-refractivity contribution < 1.29 is 0 Å². The number of rotatable bonds is 0. The van der Waals surface area contributed by atoms with Gasteiger partial charge in [0.05, 0.1) is 8.16 Å². The Bertz CT molecular complexity index is 206. The van der Waals surface area contributed by atoms with Crippen molar-refractivity contribution in [1.82, 2.24) is 0 Å². The maximum Gasteiger partial charge on any atom is 0.108 e. The monoisotopic (exact) mass is 282 g/mol. The largest absolute Gasteiger partial charge is 0.116 e. The quantitative estimate of drug-likeness (QED) is 0.620. The first-order chi connectivity index (χ1) is 6.24. The SMILES string of the molecule is CC12CC3(C)SC(C)(S1)SC(C)(S2)S3. The van der Waals surface area contributed by atoms with Gasteiger partial charge in [-0.1, -0.05) is 0 Å². The molecule has 4 fully saturated rings. The van der Waals surface area contributed by atoms with E-state index in [9.17, 15) is 0 Å². The molecule has 0 amide bonds. The van der Waals surface area contributed by atoms with Gasteiger partial charge in [-0.3, -0.25) is 0 Å². The molecule has 4 saturated heterocycles. The molecule has 80 valence electrons. The first-order valence-electron chi connectivity index (χ1n) is 4.75. The minimum absolute atomic E-state index is 0.396. The fourth-order valence-electron chi connectivity index (χ4n) is 2.80. The zero-order valence-corrected chi connectivity index (χ0v) is 12.8. The lowest BCUT2D eigenvalue weighted by atomic mass is 10.2. The van der Waals surface area contributed by atoms with Crippen molar-refractivity contribution in [2.24, 2.45) is 0 Å². The summed E-state index contributed by atoms with van der Waals surface area (Å²) < 4.78 is 1.71. The third-order valence-corrected chi connectivity index (χ3v) is 11.1. The fraction of sp³-hybridized carbons (Fsp3) is 1.00. The lowest BCUT2D eigenvalue weighted by Crippen LogP contribution is -2.53. The summed E-state index contributed by atoms with van der Waals surface area (Å²) in [5.74, 6) is 0. The Morgan fingerprint density at radius 2 is 1.00 bits per heavy atom. The predicted molar refractivity (Wildman–Crippen MR) is 76.2 cm³/mol. The summed E-state index contributed by atoms with van der Waals surface area (Å²) in [4.78, 5) is 0. The second kappa shape index (κ2) is 2.77. The van der Waals surface area contributed by atoms with Crippen LogP contribution in [0.2, 0.25) is 0 Å². The van der Waals surface area contributed by atoms with Crippen LogP contribution in [-0.2, 0) is 0 Å². The highest BCUT2D eigenvalue weighted by molar-refractivity contribution is 8.54. The molecule has 5 heteroatoms. The molecule has 0 aliphatic carbocycles. The summed E-state index contributed by atoms with van der Waals surface area (Å²) in [6.07, 6.45) is 1.34. The van der Waals surface area contributed by atoms with Gasteiger partial charge in [0.25, 0.3) is 0 Å². The molecule has 0 aromatic heterocycles. The molecule has 4 aliphatic heterocycles. The van der Waals surface area contributed by atoms with Crippen LogP contribution in [0.1, 0.15) is 34.1 Å². The van der Waals surface area contributed by atoms with Crippen LogP contribution >= 0.6 is 58.8 Å². The maximum atomic E-state index is 2.44. The molecule has 0 aromatic carbocycles. The molecule has 0 saturated carbocycles. The van der Waals surface area contributed by atoms with E-state index in [-0.39, 0.29) is 0 Å². The van der Waals surface area contributed by atoms with Gasteiger partial charge in [0.2, 0.25) is 0 Å². The summed E-state index contributed by atoms with van der Waals surface area (Å²) in [7, 11) is 0. The highest BCUT2D eigenvalue weighted by Gasteiger charge is 2.66. The summed E-state index contributed by atoms with van der Waals surface area (Å²) >= 11 is 10.9. The van der Waals surface area contributed by atoms with Gasteiger partial charge in [0.1, 0.15) is 6.82 Å². The van der Waals surface area contributed by atoms with Gasteiger partial charge < -0.3 is 0 Å². The third kappa shape index (κ3) is 1.57. The number of hydrogen-bond donors (Lipinski definition) is 0. The van der Waals surface area contributed by atoms with Crippen LogP contribution in [-0.4, -0.2) is 15.0 Å². The van der Waals surface area contributed by atoms with Gasteiger partial charge in [0.15, 0.2) is 0 Å². The van der Waals surface area contributed by atoms with Crippen molar-refractivity contribution in [2.45, 2.75) is 49.1 Å². The molecule has 0 spiro atoms. The Morgan fingerprint density at radius 1 is 0.643 bits per heavy atom. The van der Waals surface area contributed by atoms with Gasteiger partial charge in [0, 0.05) is 0 Å². The molecular formula is C9H14S5. The van der Waals surface area contributed by atoms with Crippen LogP contribution in [0.25, 0.3) is 0 Å². The second-order valence-electron chi connectivity index (χ2n) is 4.68. The summed E-state index contributed by atoms with van der Waals surface area (Å²) in [6, 6.07) is 0. The van der Waals surface area contributed by atoms with E-state index in [1.807, 2.05) is 0 Å². The molecule has 0 nitrogen and oxygen atoms in total. The van der Waals surface area contributed by atoms with Crippen LogP contribution in [0.5, 0.6) is 0 Å². The first kappa shape index (κ1) is 10.9. The van der Waals surface area contributed by atoms with Crippen molar-refractivity contribution in [2.75, 3.05) is 0 Å². The van der Waals surface area contributed by atoms with Crippen molar-refractivity contribution in [3.05, 3.63) is 0 Å². The first-order valence-corrected chi connectivity index (χ1v) is 8.83. The Morgan fingerprint density at radius 3 is 1.29 bits per heavy atom. The van der Waals surface area contributed by atoms with E-state index >= 15 is 0 Å². The number of thioether (sulfide) groups is 5. The van der Waals surface area contributed by atoms with Crippen molar-refractivity contribution in [3.63, 3.8) is 0 Å². The Balaban J connectivity index is 2.08. The minimum atomic E-state index is 0.396. The Hall–Kier alpha value is 1.75. The average molecular weight is 283 g/mol. The zero-order valence-electron chi connectivity index (χ0n) is 8.75. The smallest absolute Gasteiger partial charge is 0.108 e. The molecule has 0 unspecified atom stereocenters. The normalized spacial score (nSPS) is 66.0. The van der Waals surface area contributed by atoms with Gasteiger partial charge >= 0.3 is 0 Å². The second-order valence-corrected chi connectivity index (χ2v) is 16.3. The molecule has 0 N–H and O–H groups in total. The summed E-state index contributed by atoms with van der Waals surface area (Å²) in [5.41, 5.74) is 0. The minimum Gasteiger partial charge on any atom is -0.116 e. The molecule has 4 heterocycles. The van der Waals surface area contributed by atoms with E-state index in [1.165, 1.54) is 6.42 Å². The van der Waals surface area contributed by atoms with E-state index in [1.54, 1.807) is 0 Å². The molecule has 0 atom stereocenters. The number of hydrogen-bond acceptors (Lipinski definition) is 5. The van der Waals surface area contributed by atoms with Crippen LogP contribution < -0.4 is 0 Å². The van der Waals surface area contributed by atoms with Crippen LogP contribution in [0.15, 0.2) is 0 Å². The lowest BCUT2D eigenvalue weighted by molar-refractivity contribution is 0.693. The van der Waals surface area contributed by atoms with Crippen LogP contribution in [0, 0.1) is 0 Å². The molecule has 0 aromatic rings. The molecule has 4 bridgehead atoms.